The quantitative estimate of drug-likeness (QED) is 0.856. The van der Waals surface area contributed by atoms with E-state index in [1.165, 1.54) is 28.1 Å². The molecule has 2 N–H and O–H groups in total. The highest BCUT2D eigenvalue weighted by Gasteiger charge is 2.39. The van der Waals surface area contributed by atoms with Gasteiger partial charge in [-0.05, 0) is 37.2 Å². The highest BCUT2D eigenvalue weighted by molar-refractivity contribution is 7.12. The molecule has 2 nitrogen and oxygen atoms in total. The van der Waals surface area contributed by atoms with Crippen molar-refractivity contribution in [3.8, 4) is 11.3 Å². The third kappa shape index (κ3) is 1.61. The highest BCUT2D eigenvalue weighted by Crippen LogP contribution is 2.46. The van der Waals surface area contributed by atoms with Gasteiger partial charge in [0.2, 0.25) is 0 Å². The zero-order valence-electron chi connectivity index (χ0n) is 11.1. The summed E-state index contributed by atoms with van der Waals surface area (Å²) in [4.78, 5) is 6.34. The zero-order chi connectivity index (χ0) is 13.0. The molecule has 1 aromatic heterocycles. The minimum atomic E-state index is -0.125. The second-order valence-electron chi connectivity index (χ2n) is 5.99. The van der Waals surface area contributed by atoms with Crippen LogP contribution in [-0.2, 0) is 12.0 Å². The standard InChI is InChI=1S/C16H18N2S/c1-10-9-13-14(12-6-3-2-5-11(10)12)18-15(19-13)16(17)7-4-8-16/h2-3,5-6,10H,4,7-9,17H2,1H3. The van der Waals surface area contributed by atoms with Gasteiger partial charge in [-0.25, -0.2) is 4.98 Å². The normalized spacial score (nSPS) is 23.4. The number of hydrogen-bond donors (Lipinski definition) is 1. The van der Waals surface area contributed by atoms with Crippen LogP contribution in [0.25, 0.3) is 11.3 Å². The third-order valence-electron chi connectivity index (χ3n) is 4.61. The van der Waals surface area contributed by atoms with E-state index in [0.717, 1.165) is 24.3 Å². The van der Waals surface area contributed by atoms with Crippen LogP contribution < -0.4 is 5.73 Å². The van der Waals surface area contributed by atoms with Gasteiger partial charge in [-0.2, -0.15) is 0 Å². The van der Waals surface area contributed by atoms with Crippen molar-refractivity contribution in [2.75, 3.05) is 0 Å². The number of hydrogen-bond acceptors (Lipinski definition) is 3. The molecule has 0 saturated heterocycles. The Morgan fingerprint density at radius 1 is 1.32 bits per heavy atom. The summed E-state index contributed by atoms with van der Waals surface area (Å²) in [5.41, 5.74) is 10.3. The summed E-state index contributed by atoms with van der Waals surface area (Å²) in [6, 6.07) is 8.69. The first-order valence-electron chi connectivity index (χ1n) is 7.06. The molecule has 3 heteroatoms. The van der Waals surface area contributed by atoms with E-state index in [0.29, 0.717) is 5.92 Å². The molecule has 98 valence electrons. The Labute approximate surface area is 117 Å². The van der Waals surface area contributed by atoms with Gasteiger partial charge in [-0.3, -0.25) is 0 Å². The summed E-state index contributed by atoms with van der Waals surface area (Å²) in [6.07, 6.45) is 4.54. The van der Waals surface area contributed by atoms with Crippen molar-refractivity contribution in [3.63, 3.8) is 0 Å². The zero-order valence-corrected chi connectivity index (χ0v) is 12.0. The molecule has 0 spiro atoms. The summed E-state index contributed by atoms with van der Waals surface area (Å²) in [5.74, 6) is 0.590. The van der Waals surface area contributed by atoms with Gasteiger partial charge in [0.1, 0.15) is 5.01 Å². The SMILES string of the molecule is CC1Cc2sc(C3(N)CCC3)nc2-c2ccccc21. The summed E-state index contributed by atoms with van der Waals surface area (Å²) >= 11 is 1.85. The lowest BCUT2D eigenvalue weighted by atomic mass is 9.78. The van der Waals surface area contributed by atoms with E-state index in [1.54, 1.807) is 0 Å². The van der Waals surface area contributed by atoms with Crippen molar-refractivity contribution in [2.45, 2.75) is 44.1 Å². The Morgan fingerprint density at radius 2 is 2.11 bits per heavy atom. The third-order valence-corrected chi connectivity index (χ3v) is 5.91. The predicted octanol–water partition coefficient (Wildman–Crippen LogP) is 3.81. The van der Waals surface area contributed by atoms with E-state index in [-0.39, 0.29) is 5.54 Å². The largest absolute Gasteiger partial charge is 0.319 e. The van der Waals surface area contributed by atoms with Crippen LogP contribution in [-0.4, -0.2) is 4.98 Å². The average Bonchev–Trinajstić information content (AvgIpc) is 2.80. The molecule has 0 amide bonds. The van der Waals surface area contributed by atoms with Gasteiger partial charge in [-0.15, -0.1) is 11.3 Å². The Balaban J connectivity index is 1.86. The number of nitrogens with zero attached hydrogens (tertiary/aromatic N) is 1. The first-order chi connectivity index (χ1) is 9.17. The fourth-order valence-electron chi connectivity index (χ4n) is 3.22. The molecule has 1 saturated carbocycles. The summed E-state index contributed by atoms with van der Waals surface area (Å²) in [6.45, 7) is 2.31. The van der Waals surface area contributed by atoms with Gasteiger partial charge in [0.25, 0.3) is 0 Å². The second-order valence-corrected chi connectivity index (χ2v) is 7.08. The van der Waals surface area contributed by atoms with Crippen LogP contribution in [0, 0.1) is 0 Å². The minimum absolute atomic E-state index is 0.125. The smallest absolute Gasteiger partial charge is 0.113 e. The van der Waals surface area contributed by atoms with Crippen molar-refractivity contribution in [3.05, 3.63) is 39.7 Å². The second kappa shape index (κ2) is 3.90. The molecule has 4 rings (SSSR count). The predicted molar refractivity (Wildman–Crippen MR) is 79.4 cm³/mol. The minimum Gasteiger partial charge on any atom is -0.319 e. The number of nitrogens with two attached hydrogens (primary N) is 1. The lowest BCUT2D eigenvalue weighted by molar-refractivity contribution is 0.253. The van der Waals surface area contributed by atoms with E-state index >= 15 is 0 Å². The first-order valence-corrected chi connectivity index (χ1v) is 7.87. The van der Waals surface area contributed by atoms with Gasteiger partial charge in [0.05, 0.1) is 11.2 Å². The maximum Gasteiger partial charge on any atom is 0.113 e. The van der Waals surface area contributed by atoms with E-state index in [4.69, 9.17) is 10.7 Å². The topological polar surface area (TPSA) is 38.9 Å². The molecule has 1 fully saturated rings. The Bertz CT molecular complexity index is 640. The molecule has 0 bridgehead atoms. The maximum atomic E-state index is 6.44. The molecular formula is C16H18N2S. The molecule has 2 aromatic rings. The van der Waals surface area contributed by atoms with Crippen LogP contribution in [0.4, 0.5) is 0 Å². The highest BCUT2D eigenvalue weighted by atomic mass is 32.1. The monoisotopic (exact) mass is 270 g/mol. The number of rotatable bonds is 1. The first kappa shape index (κ1) is 11.6. The molecule has 1 aromatic carbocycles. The number of aromatic nitrogens is 1. The van der Waals surface area contributed by atoms with Crippen molar-refractivity contribution >= 4 is 11.3 Å². The van der Waals surface area contributed by atoms with Crippen molar-refractivity contribution in [1.82, 2.24) is 4.98 Å². The summed E-state index contributed by atoms with van der Waals surface area (Å²) in [7, 11) is 0. The molecule has 0 aliphatic heterocycles. The molecule has 1 atom stereocenters. The average molecular weight is 270 g/mol. The Morgan fingerprint density at radius 3 is 2.84 bits per heavy atom. The molecular weight excluding hydrogens is 252 g/mol. The van der Waals surface area contributed by atoms with E-state index in [9.17, 15) is 0 Å². The van der Waals surface area contributed by atoms with Crippen LogP contribution >= 0.6 is 11.3 Å². The number of benzene rings is 1. The van der Waals surface area contributed by atoms with Gasteiger partial charge in [-0.1, -0.05) is 31.2 Å². The van der Waals surface area contributed by atoms with Crippen molar-refractivity contribution in [2.24, 2.45) is 5.73 Å². The summed E-state index contributed by atoms with van der Waals surface area (Å²) in [5, 5.41) is 1.16. The molecule has 19 heavy (non-hydrogen) atoms. The van der Waals surface area contributed by atoms with E-state index < -0.39 is 0 Å². The molecule has 0 radical (unpaired) electrons. The fraction of sp³-hybridized carbons (Fsp3) is 0.438. The number of fused-ring (bicyclic) bond motifs is 3. The van der Waals surface area contributed by atoms with Crippen molar-refractivity contribution in [1.29, 1.82) is 0 Å². The Kier molecular flexibility index (Phi) is 2.39. The lowest BCUT2D eigenvalue weighted by Gasteiger charge is -2.35. The van der Waals surface area contributed by atoms with Crippen LogP contribution in [0.1, 0.15) is 47.6 Å². The van der Waals surface area contributed by atoms with Gasteiger partial charge < -0.3 is 5.73 Å². The van der Waals surface area contributed by atoms with Crippen LogP contribution in [0.15, 0.2) is 24.3 Å². The summed E-state index contributed by atoms with van der Waals surface area (Å²) < 4.78 is 0. The molecule has 1 unspecified atom stereocenters. The lowest BCUT2D eigenvalue weighted by Crippen LogP contribution is -2.43. The Hall–Kier alpha value is -1.19. The van der Waals surface area contributed by atoms with Crippen LogP contribution in [0.2, 0.25) is 0 Å². The number of thiazole rings is 1. The van der Waals surface area contributed by atoms with Crippen molar-refractivity contribution < 1.29 is 0 Å². The van der Waals surface area contributed by atoms with Crippen LogP contribution in [0.5, 0.6) is 0 Å². The fourth-order valence-corrected chi connectivity index (χ4v) is 4.58. The van der Waals surface area contributed by atoms with E-state index in [2.05, 4.69) is 31.2 Å². The molecule has 2 aliphatic rings. The maximum absolute atomic E-state index is 6.44. The van der Waals surface area contributed by atoms with E-state index in [1.807, 2.05) is 11.3 Å². The van der Waals surface area contributed by atoms with Crippen LogP contribution in [0.3, 0.4) is 0 Å². The van der Waals surface area contributed by atoms with Gasteiger partial charge in [0.15, 0.2) is 0 Å². The molecule has 1 heterocycles. The van der Waals surface area contributed by atoms with Gasteiger partial charge in [0, 0.05) is 10.4 Å². The molecule has 2 aliphatic carbocycles. The van der Waals surface area contributed by atoms with Gasteiger partial charge >= 0.3 is 0 Å².